The number of hydrogen-bond acceptors (Lipinski definition) is 2. The van der Waals surface area contributed by atoms with Gasteiger partial charge in [-0.2, -0.15) is 0 Å². The minimum absolute atomic E-state index is 0.321. The lowest BCUT2D eigenvalue weighted by molar-refractivity contribution is -0.131. The van der Waals surface area contributed by atoms with Gasteiger partial charge < -0.3 is 10.0 Å². The highest BCUT2D eigenvalue weighted by Gasteiger charge is 2.15. The Labute approximate surface area is 105 Å². The molecule has 4 heteroatoms. The number of rotatable bonds is 3. The van der Waals surface area contributed by atoms with E-state index in [-0.39, 0.29) is 5.82 Å². The molecule has 1 aromatic rings. The molecule has 1 aliphatic heterocycles. The van der Waals surface area contributed by atoms with Crippen LogP contribution in [0.25, 0.3) is 6.08 Å². The first-order valence-corrected chi connectivity index (χ1v) is 5.78. The first kappa shape index (κ1) is 12.4. The molecule has 1 aliphatic rings. The number of halogens is 1. The highest BCUT2D eigenvalue weighted by atomic mass is 19.1. The highest BCUT2D eigenvalue weighted by Crippen LogP contribution is 2.27. The third-order valence-corrected chi connectivity index (χ3v) is 2.80. The maximum atomic E-state index is 13.9. The van der Waals surface area contributed by atoms with Crippen molar-refractivity contribution >= 4 is 17.7 Å². The van der Waals surface area contributed by atoms with E-state index >= 15 is 0 Å². The van der Waals surface area contributed by atoms with E-state index in [1.807, 2.05) is 11.0 Å². The average molecular weight is 247 g/mol. The molecule has 0 radical (unpaired) electrons. The molecule has 2 rings (SSSR count). The van der Waals surface area contributed by atoms with Crippen molar-refractivity contribution in [3.63, 3.8) is 0 Å². The van der Waals surface area contributed by atoms with Gasteiger partial charge in [-0.3, -0.25) is 0 Å². The lowest BCUT2D eigenvalue weighted by atomic mass is 10.1. The monoisotopic (exact) mass is 247 g/mol. The summed E-state index contributed by atoms with van der Waals surface area (Å²) in [5.41, 5.74) is 1.06. The van der Waals surface area contributed by atoms with Gasteiger partial charge >= 0.3 is 5.97 Å². The Hall–Kier alpha value is -2.10. The van der Waals surface area contributed by atoms with E-state index in [0.29, 0.717) is 17.8 Å². The Balaban J connectivity index is 2.37. The molecule has 1 aromatic carbocycles. The van der Waals surface area contributed by atoms with Crippen LogP contribution in [0, 0.1) is 5.82 Å². The van der Waals surface area contributed by atoms with Crippen LogP contribution in [0.1, 0.15) is 12.0 Å². The second kappa shape index (κ2) is 5.49. The quantitative estimate of drug-likeness (QED) is 0.659. The zero-order valence-electron chi connectivity index (χ0n) is 9.84. The summed E-state index contributed by atoms with van der Waals surface area (Å²) in [6.45, 7) is 1.39. The van der Waals surface area contributed by atoms with Crippen LogP contribution < -0.4 is 4.90 Å². The highest BCUT2D eigenvalue weighted by molar-refractivity contribution is 5.87. The largest absolute Gasteiger partial charge is 0.478 e. The Kier molecular flexibility index (Phi) is 3.77. The van der Waals surface area contributed by atoms with Crippen LogP contribution >= 0.6 is 0 Å². The third kappa shape index (κ3) is 2.77. The number of hydrogen-bond donors (Lipinski definition) is 1. The second-order valence-electron chi connectivity index (χ2n) is 4.06. The zero-order chi connectivity index (χ0) is 13.0. The van der Waals surface area contributed by atoms with Gasteiger partial charge in [0, 0.05) is 24.7 Å². The molecule has 0 amide bonds. The predicted molar refractivity (Wildman–Crippen MR) is 69.0 cm³/mol. The van der Waals surface area contributed by atoms with E-state index in [0.717, 1.165) is 19.0 Å². The van der Waals surface area contributed by atoms with Crippen molar-refractivity contribution in [2.24, 2.45) is 0 Å². The molecule has 0 aliphatic carbocycles. The van der Waals surface area contributed by atoms with E-state index < -0.39 is 5.97 Å². The van der Waals surface area contributed by atoms with E-state index in [9.17, 15) is 9.18 Å². The lowest BCUT2D eigenvalue weighted by Gasteiger charge is -2.27. The number of carbonyl (C=O) groups is 1. The van der Waals surface area contributed by atoms with E-state index in [4.69, 9.17) is 5.11 Å². The van der Waals surface area contributed by atoms with Crippen LogP contribution in [0.15, 0.2) is 36.4 Å². The Morgan fingerprint density at radius 2 is 2.22 bits per heavy atom. The van der Waals surface area contributed by atoms with Gasteiger partial charge in [0.05, 0.1) is 5.69 Å². The Morgan fingerprint density at radius 3 is 2.89 bits per heavy atom. The van der Waals surface area contributed by atoms with E-state index in [1.54, 1.807) is 12.1 Å². The summed E-state index contributed by atoms with van der Waals surface area (Å²) >= 11 is 0. The van der Waals surface area contributed by atoms with Crippen LogP contribution in [0.2, 0.25) is 0 Å². The summed E-state index contributed by atoms with van der Waals surface area (Å²) in [7, 11) is 0. The Bertz CT molecular complexity index is 509. The fourth-order valence-electron chi connectivity index (χ4n) is 2.01. The van der Waals surface area contributed by atoms with Crippen molar-refractivity contribution in [2.45, 2.75) is 6.42 Å². The predicted octanol–water partition coefficient (Wildman–Crippen LogP) is 2.69. The van der Waals surface area contributed by atoms with E-state index in [1.165, 1.54) is 12.1 Å². The average Bonchev–Trinajstić information content (AvgIpc) is 2.37. The van der Waals surface area contributed by atoms with Crippen molar-refractivity contribution in [1.82, 2.24) is 0 Å². The molecule has 1 N–H and O–H groups in total. The number of carboxylic acids is 1. The van der Waals surface area contributed by atoms with Crippen LogP contribution in [0.5, 0.6) is 0 Å². The first-order chi connectivity index (χ1) is 8.68. The van der Waals surface area contributed by atoms with Crippen molar-refractivity contribution in [3.05, 3.63) is 47.8 Å². The SMILES string of the molecule is O=C(O)/C=C/c1cccc(F)c1N1CC=CCC1. The van der Waals surface area contributed by atoms with Crippen molar-refractivity contribution < 1.29 is 14.3 Å². The molecule has 0 unspecified atom stereocenters. The maximum absolute atomic E-state index is 13.9. The van der Waals surface area contributed by atoms with Gasteiger partial charge in [0.25, 0.3) is 0 Å². The normalized spacial score (nSPS) is 15.3. The number of carboxylic acid groups (broad SMARTS) is 1. The number of benzene rings is 1. The van der Waals surface area contributed by atoms with Gasteiger partial charge in [-0.1, -0.05) is 24.3 Å². The topological polar surface area (TPSA) is 40.5 Å². The molecule has 0 fully saturated rings. The minimum atomic E-state index is -1.04. The molecule has 0 saturated carbocycles. The van der Waals surface area contributed by atoms with Crippen LogP contribution in [-0.2, 0) is 4.79 Å². The smallest absolute Gasteiger partial charge is 0.328 e. The number of aliphatic carboxylic acids is 1. The van der Waals surface area contributed by atoms with E-state index in [2.05, 4.69) is 6.08 Å². The second-order valence-corrected chi connectivity index (χ2v) is 4.06. The van der Waals surface area contributed by atoms with Gasteiger partial charge in [0.2, 0.25) is 0 Å². The fourth-order valence-corrected chi connectivity index (χ4v) is 2.01. The summed E-state index contributed by atoms with van der Waals surface area (Å²) in [5, 5.41) is 8.64. The molecule has 1 heterocycles. The van der Waals surface area contributed by atoms with Crippen molar-refractivity contribution in [3.8, 4) is 0 Å². The molecular formula is C14H14FNO2. The fraction of sp³-hybridized carbons (Fsp3) is 0.214. The molecule has 18 heavy (non-hydrogen) atoms. The van der Waals surface area contributed by atoms with Crippen LogP contribution in [-0.4, -0.2) is 24.2 Å². The maximum Gasteiger partial charge on any atom is 0.328 e. The summed E-state index contributed by atoms with van der Waals surface area (Å²) in [6.07, 6.45) is 7.37. The van der Waals surface area contributed by atoms with Gasteiger partial charge in [0.1, 0.15) is 5.82 Å². The molecule has 0 spiro atoms. The number of para-hydroxylation sites is 1. The standard InChI is InChI=1S/C14H14FNO2/c15-12-6-4-5-11(7-8-13(17)18)14(12)16-9-2-1-3-10-16/h1-2,4-8H,3,9-10H2,(H,17,18)/b8-7+. The summed E-state index contributed by atoms with van der Waals surface area (Å²) in [6, 6.07) is 4.70. The van der Waals surface area contributed by atoms with Crippen molar-refractivity contribution in [2.75, 3.05) is 18.0 Å². The number of anilines is 1. The number of nitrogens with zero attached hydrogens (tertiary/aromatic N) is 1. The Morgan fingerprint density at radius 1 is 1.39 bits per heavy atom. The molecular weight excluding hydrogens is 233 g/mol. The first-order valence-electron chi connectivity index (χ1n) is 5.78. The third-order valence-electron chi connectivity index (χ3n) is 2.80. The molecule has 0 atom stereocenters. The summed E-state index contributed by atoms with van der Waals surface area (Å²) < 4.78 is 13.9. The molecule has 3 nitrogen and oxygen atoms in total. The summed E-state index contributed by atoms with van der Waals surface area (Å²) in [5.74, 6) is -1.36. The van der Waals surface area contributed by atoms with Gasteiger partial charge in [-0.15, -0.1) is 0 Å². The minimum Gasteiger partial charge on any atom is -0.478 e. The zero-order valence-corrected chi connectivity index (χ0v) is 9.84. The molecule has 0 bridgehead atoms. The van der Waals surface area contributed by atoms with Crippen LogP contribution in [0.4, 0.5) is 10.1 Å². The van der Waals surface area contributed by atoms with Gasteiger partial charge in [-0.05, 0) is 18.6 Å². The van der Waals surface area contributed by atoms with Crippen LogP contribution in [0.3, 0.4) is 0 Å². The lowest BCUT2D eigenvalue weighted by Crippen LogP contribution is -2.28. The molecule has 0 aromatic heterocycles. The van der Waals surface area contributed by atoms with Gasteiger partial charge in [0.15, 0.2) is 0 Å². The van der Waals surface area contributed by atoms with Gasteiger partial charge in [-0.25, -0.2) is 9.18 Å². The molecule has 0 saturated heterocycles. The summed E-state index contributed by atoms with van der Waals surface area (Å²) in [4.78, 5) is 12.5. The molecule has 94 valence electrons. The van der Waals surface area contributed by atoms with Crippen molar-refractivity contribution in [1.29, 1.82) is 0 Å².